The van der Waals surface area contributed by atoms with Crippen LogP contribution in [-0.2, 0) is 14.3 Å². The minimum atomic E-state index is -0.688. The predicted molar refractivity (Wildman–Crippen MR) is 62.9 cm³/mol. The lowest BCUT2D eigenvalue weighted by Gasteiger charge is -2.40. The molecule has 0 spiro atoms. The SMILES string of the molecule is O=C(COC1CC1)N[C@H]1C[C@H]2CC(C(=O)O)C[C@H]21. The molecule has 0 aromatic rings. The number of carbonyl (C=O) groups is 2. The molecule has 0 aromatic heterocycles. The van der Waals surface area contributed by atoms with Gasteiger partial charge in [0.15, 0.2) is 0 Å². The van der Waals surface area contributed by atoms with Gasteiger partial charge in [0.25, 0.3) is 0 Å². The van der Waals surface area contributed by atoms with Crippen molar-refractivity contribution in [2.45, 2.75) is 44.2 Å². The van der Waals surface area contributed by atoms with Crippen LogP contribution < -0.4 is 5.32 Å². The van der Waals surface area contributed by atoms with Gasteiger partial charge < -0.3 is 15.2 Å². The Morgan fingerprint density at radius 1 is 1.22 bits per heavy atom. The maximum absolute atomic E-state index is 11.6. The summed E-state index contributed by atoms with van der Waals surface area (Å²) in [7, 11) is 0. The average molecular weight is 253 g/mol. The highest BCUT2D eigenvalue weighted by Gasteiger charge is 2.49. The number of nitrogens with one attached hydrogen (secondary N) is 1. The molecular formula is C13H19NO4. The second-order valence-corrected chi connectivity index (χ2v) is 5.85. The summed E-state index contributed by atoms with van der Waals surface area (Å²) in [4.78, 5) is 22.6. The molecule has 1 amide bonds. The number of aliphatic carboxylic acids is 1. The fraction of sp³-hybridized carbons (Fsp3) is 0.846. The number of hydrogen-bond donors (Lipinski definition) is 2. The molecule has 5 heteroatoms. The third-order valence-electron chi connectivity index (χ3n) is 4.49. The largest absolute Gasteiger partial charge is 0.481 e. The van der Waals surface area contributed by atoms with Crippen LogP contribution in [0.1, 0.15) is 32.1 Å². The molecule has 0 saturated heterocycles. The minimum Gasteiger partial charge on any atom is -0.481 e. The molecule has 4 atom stereocenters. The lowest BCUT2D eigenvalue weighted by Crippen LogP contribution is -2.51. The third kappa shape index (κ3) is 2.36. The zero-order chi connectivity index (χ0) is 12.7. The van der Waals surface area contributed by atoms with Crippen molar-refractivity contribution < 1.29 is 19.4 Å². The van der Waals surface area contributed by atoms with E-state index in [1.165, 1.54) is 0 Å². The summed E-state index contributed by atoms with van der Waals surface area (Å²) in [5.41, 5.74) is 0. The summed E-state index contributed by atoms with van der Waals surface area (Å²) < 4.78 is 5.35. The molecule has 100 valence electrons. The maximum atomic E-state index is 11.6. The third-order valence-corrected chi connectivity index (χ3v) is 4.49. The van der Waals surface area contributed by atoms with Crippen LogP contribution in [0.3, 0.4) is 0 Å². The first kappa shape index (κ1) is 12.0. The normalized spacial score (nSPS) is 37.8. The van der Waals surface area contributed by atoms with Gasteiger partial charge in [-0.25, -0.2) is 0 Å². The van der Waals surface area contributed by atoms with Crippen LogP contribution in [0.5, 0.6) is 0 Å². The van der Waals surface area contributed by atoms with Crippen LogP contribution in [-0.4, -0.2) is 35.7 Å². The van der Waals surface area contributed by atoms with Gasteiger partial charge >= 0.3 is 5.97 Å². The molecule has 0 aromatic carbocycles. The van der Waals surface area contributed by atoms with Crippen molar-refractivity contribution >= 4 is 11.9 Å². The van der Waals surface area contributed by atoms with Gasteiger partial charge in [-0.2, -0.15) is 0 Å². The number of fused-ring (bicyclic) bond motifs is 1. The van der Waals surface area contributed by atoms with E-state index in [0.717, 1.165) is 25.7 Å². The van der Waals surface area contributed by atoms with Crippen molar-refractivity contribution in [1.82, 2.24) is 5.32 Å². The zero-order valence-corrected chi connectivity index (χ0v) is 10.3. The van der Waals surface area contributed by atoms with E-state index in [0.29, 0.717) is 24.4 Å². The Labute approximate surface area is 106 Å². The van der Waals surface area contributed by atoms with Crippen molar-refractivity contribution in [3.63, 3.8) is 0 Å². The Hall–Kier alpha value is -1.10. The number of rotatable bonds is 5. The van der Waals surface area contributed by atoms with Gasteiger partial charge in [-0.1, -0.05) is 0 Å². The summed E-state index contributed by atoms with van der Waals surface area (Å²) >= 11 is 0. The first-order chi connectivity index (χ1) is 8.63. The molecule has 3 rings (SSSR count). The number of carboxylic acid groups (broad SMARTS) is 1. The molecule has 3 aliphatic carbocycles. The van der Waals surface area contributed by atoms with Gasteiger partial charge in [0, 0.05) is 6.04 Å². The number of carboxylic acids is 1. The van der Waals surface area contributed by atoms with Gasteiger partial charge in [0.2, 0.25) is 5.91 Å². The summed E-state index contributed by atoms with van der Waals surface area (Å²) in [5.74, 6) is -0.0722. The summed E-state index contributed by atoms with van der Waals surface area (Å²) in [6.07, 6.45) is 4.87. The average Bonchev–Trinajstić information content (AvgIpc) is 3.06. The Morgan fingerprint density at radius 2 is 2.00 bits per heavy atom. The molecule has 5 nitrogen and oxygen atoms in total. The lowest BCUT2D eigenvalue weighted by molar-refractivity contribution is -0.141. The lowest BCUT2D eigenvalue weighted by atomic mass is 9.71. The molecule has 3 saturated carbocycles. The van der Waals surface area contributed by atoms with Gasteiger partial charge in [-0.15, -0.1) is 0 Å². The topological polar surface area (TPSA) is 75.6 Å². The fourth-order valence-electron chi connectivity index (χ4n) is 3.27. The molecule has 0 radical (unpaired) electrons. The van der Waals surface area contributed by atoms with E-state index in [1.54, 1.807) is 0 Å². The smallest absolute Gasteiger partial charge is 0.306 e. The van der Waals surface area contributed by atoms with Gasteiger partial charge in [0.05, 0.1) is 12.0 Å². The standard InChI is InChI=1S/C13H19NO4/c15-12(6-18-9-1-2-9)14-11-5-7-3-8(13(16)17)4-10(7)11/h7-11H,1-6H2,(H,14,15)(H,16,17)/t7-,8?,10-,11+/m1/s1. The van der Waals surface area contributed by atoms with Crippen molar-refractivity contribution in [2.24, 2.45) is 17.8 Å². The van der Waals surface area contributed by atoms with Crippen LogP contribution in [0.4, 0.5) is 0 Å². The second kappa shape index (κ2) is 4.53. The zero-order valence-electron chi connectivity index (χ0n) is 10.3. The van der Waals surface area contributed by atoms with Gasteiger partial charge in [-0.3, -0.25) is 9.59 Å². The quantitative estimate of drug-likeness (QED) is 0.759. The van der Waals surface area contributed by atoms with Crippen molar-refractivity contribution in [2.75, 3.05) is 6.61 Å². The molecule has 3 aliphatic rings. The van der Waals surface area contributed by atoms with E-state index < -0.39 is 5.97 Å². The molecular weight excluding hydrogens is 234 g/mol. The van der Waals surface area contributed by atoms with E-state index in [-0.39, 0.29) is 24.5 Å². The van der Waals surface area contributed by atoms with Crippen LogP contribution in [0, 0.1) is 17.8 Å². The van der Waals surface area contributed by atoms with Crippen molar-refractivity contribution in [1.29, 1.82) is 0 Å². The first-order valence-corrected chi connectivity index (χ1v) is 6.77. The highest BCUT2D eigenvalue weighted by molar-refractivity contribution is 5.77. The molecule has 18 heavy (non-hydrogen) atoms. The van der Waals surface area contributed by atoms with E-state index >= 15 is 0 Å². The highest BCUT2D eigenvalue weighted by Crippen LogP contribution is 2.49. The van der Waals surface area contributed by atoms with E-state index in [4.69, 9.17) is 9.84 Å². The Kier molecular flexibility index (Phi) is 3.01. The Bertz CT molecular complexity index is 366. The van der Waals surface area contributed by atoms with E-state index in [9.17, 15) is 9.59 Å². The molecule has 0 bridgehead atoms. The fourth-order valence-corrected chi connectivity index (χ4v) is 3.27. The van der Waals surface area contributed by atoms with E-state index in [1.807, 2.05) is 0 Å². The first-order valence-electron chi connectivity index (χ1n) is 6.77. The molecule has 2 N–H and O–H groups in total. The number of hydrogen-bond acceptors (Lipinski definition) is 3. The molecule has 0 aliphatic heterocycles. The molecule has 0 heterocycles. The van der Waals surface area contributed by atoms with Crippen molar-refractivity contribution in [3.05, 3.63) is 0 Å². The van der Waals surface area contributed by atoms with Crippen molar-refractivity contribution in [3.8, 4) is 0 Å². The Balaban J connectivity index is 1.42. The molecule has 3 fully saturated rings. The predicted octanol–water partition coefficient (Wildman–Crippen LogP) is 0.781. The number of amides is 1. The van der Waals surface area contributed by atoms with Crippen LogP contribution in [0.25, 0.3) is 0 Å². The summed E-state index contributed by atoms with van der Waals surface area (Å²) in [6.45, 7) is 0.154. The van der Waals surface area contributed by atoms with Crippen LogP contribution in [0.15, 0.2) is 0 Å². The summed E-state index contributed by atoms with van der Waals surface area (Å²) in [6, 6.07) is 0.176. The minimum absolute atomic E-state index is 0.0517. The highest BCUT2D eigenvalue weighted by atomic mass is 16.5. The van der Waals surface area contributed by atoms with Gasteiger partial charge in [0.1, 0.15) is 6.61 Å². The summed E-state index contributed by atoms with van der Waals surface area (Å²) in [5, 5.41) is 12.0. The monoisotopic (exact) mass is 253 g/mol. The second-order valence-electron chi connectivity index (χ2n) is 5.85. The maximum Gasteiger partial charge on any atom is 0.306 e. The number of carbonyl (C=O) groups excluding carboxylic acids is 1. The number of ether oxygens (including phenoxy) is 1. The van der Waals surface area contributed by atoms with E-state index in [2.05, 4.69) is 5.32 Å². The van der Waals surface area contributed by atoms with Crippen LogP contribution >= 0.6 is 0 Å². The Morgan fingerprint density at radius 3 is 2.67 bits per heavy atom. The van der Waals surface area contributed by atoms with Crippen LogP contribution in [0.2, 0.25) is 0 Å². The molecule has 1 unspecified atom stereocenters. The van der Waals surface area contributed by atoms with Gasteiger partial charge in [-0.05, 0) is 43.9 Å².